The summed E-state index contributed by atoms with van der Waals surface area (Å²) in [6, 6.07) is 0. The third-order valence-corrected chi connectivity index (χ3v) is 5.49. The molecule has 0 aromatic rings. The topological polar surface area (TPSA) is 26.7 Å². The standard InChI is InChI=1S/C11H25N2OSi/c1-5-6-11(14)12-7-9-13(10-8-12)15(2,3)4/h11,14H,1,5-10H2,2-4H3. The Bertz CT molecular complexity index is 186. The molecule has 1 rings (SSSR count). The molecule has 0 spiro atoms. The predicted octanol–water partition coefficient (Wildman–Crippen LogP) is 1.37. The first-order valence-electron chi connectivity index (χ1n) is 5.91. The number of nitrogens with zero attached hydrogens (tertiary/aromatic N) is 2. The van der Waals surface area contributed by atoms with E-state index in [4.69, 9.17) is 0 Å². The lowest BCUT2D eigenvalue weighted by Gasteiger charge is -2.42. The molecule has 1 radical (unpaired) electrons. The summed E-state index contributed by atoms with van der Waals surface area (Å²) in [5.74, 6) is 0. The van der Waals surface area contributed by atoms with Crippen LogP contribution in [0.3, 0.4) is 0 Å². The van der Waals surface area contributed by atoms with Crippen molar-refractivity contribution in [3.8, 4) is 0 Å². The van der Waals surface area contributed by atoms with Gasteiger partial charge in [0.1, 0.15) is 14.5 Å². The van der Waals surface area contributed by atoms with Gasteiger partial charge in [0.15, 0.2) is 0 Å². The van der Waals surface area contributed by atoms with Crippen molar-refractivity contribution in [2.75, 3.05) is 26.2 Å². The zero-order valence-electron chi connectivity index (χ0n) is 10.4. The van der Waals surface area contributed by atoms with Crippen LogP contribution in [0.1, 0.15) is 12.8 Å². The van der Waals surface area contributed by atoms with E-state index >= 15 is 0 Å². The Hall–Kier alpha value is 0.0969. The van der Waals surface area contributed by atoms with Gasteiger partial charge in [-0.2, -0.15) is 0 Å². The van der Waals surface area contributed by atoms with Crippen molar-refractivity contribution in [3.05, 3.63) is 6.92 Å². The van der Waals surface area contributed by atoms with Crippen molar-refractivity contribution in [1.29, 1.82) is 0 Å². The summed E-state index contributed by atoms with van der Waals surface area (Å²) < 4.78 is 2.61. The fraction of sp³-hybridized carbons (Fsp3) is 0.909. The lowest BCUT2D eigenvalue weighted by Crippen LogP contribution is -2.57. The highest BCUT2D eigenvalue weighted by atomic mass is 28.3. The third kappa shape index (κ3) is 3.87. The third-order valence-electron chi connectivity index (χ3n) is 3.15. The van der Waals surface area contributed by atoms with E-state index in [9.17, 15) is 5.11 Å². The number of rotatable bonds is 4. The summed E-state index contributed by atoms with van der Waals surface area (Å²) in [5, 5.41) is 9.84. The molecule has 1 saturated heterocycles. The Kier molecular flexibility index (Phi) is 4.77. The fourth-order valence-corrected chi connectivity index (χ4v) is 3.60. The molecule has 15 heavy (non-hydrogen) atoms. The molecule has 3 nitrogen and oxygen atoms in total. The second-order valence-electron chi connectivity index (χ2n) is 5.32. The molecule has 4 heteroatoms. The molecular formula is C11H25N2OSi. The smallest absolute Gasteiger partial charge is 0.119 e. The molecule has 1 atom stereocenters. The van der Waals surface area contributed by atoms with Gasteiger partial charge in [-0.15, -0.1) is 0 Å². The maximum atomic E-state index is 9.84. The summed E-state index contributed by atoms with van der Waals surface area (Å²) in [6.45, 7) is 15.2. The van der Waals surface area contributed by atoms with Crippen LogP contribution < -0.4 is 0 Å². The zero-order valence-corrected chi connectivity index (χ0v) is 11.4. The molecule has 89 valence electrons. The van der Waals surface area contributed by atoms with E-state index < -0.39 is 8.24 Å². The van der Waals surface area contributed by atoms with Gasteiger partial charge < -0.3 is 9.67 Å². The summed E-state index contributed by atoms with van der Waals surface area (Å²) >= 11 is 0. The first-order chi connectivity index (χ1) is 6.95. The Morgan fingerprint density at radius 3 is 2.13 bits per heavy atom. The summed E-state index contributed by atoms with van der Waals surface area (Å²) in [6.07, 6.45) is 1.34. The van der Waals surface area contributed by atoms with Gasteiger partial charge in [-0.1, -0.05) is 26.6 Å². The van der Waals surface area contributed by atoms with E-state index in [0.29, 0.717) is 0 Å². The molecule has 1 aliphatic rings. The molecule has 0 bridgehead atoms. The van der Waals surface area contributed by atoms with Gasteiger partial charge >= 0.3 is 0 Å². The van der Waals surface area contributed by atoms with Gasteiger partial charge in [0.2, 0.25) is 0 Å². The first-order valence-corrected chi connectivity index (χ1v) is 9.36. The largest absolute Gasteiger partial charge is 0.378 e. The van der Waals surface area contributed by atoms with E-state index in [2.05, 4.69) is 36.0 Å². The lowest BCUT2D eigenvalue weighted by atomic mass is 10.2. The second kappa shape index (κ2) is 5.43. The van der Waals surface area contributed by atoms with E-state index in [-0.39, 0.29) is 6.23 Å². The van der Waals surface area contributed by atoms with Crippen LogP contribution in [0.15, 0.2) is 0 Å². The van der Waals surface area contributed by atoms with Crippen molar-refractivity contribution in [1.82, 2.24) is 9.47 Å². The van der Waals surface area contributed by atoms with Crippen molar-refractivity contribution in [2.45, 2.75) is 38.7 Å². The normalized spacial score (nSPS) is 23.0. The first kappa shape index (κ1) is 13.2. The van der Waals surface area contributed by atoms with Crippen LogP contribution in [-0.2, 0) is 0 Å². The van der Waals surface area contributed by atoms with E-state index in [1.165, 1.54) is 0 Å². The average Bonchev–Trinajstić information content (AvgIpc) is 2.17. The number of aliphatic hydroxyl groups excluding tert-OH is 1. The predicted molar refractivity (Wildman–Crippen MR) is 67.1 cm³/mol. The Labute approximate surface area is 95.2 Å². The minimum atomic E-state index is -1.13. The van der Waals surface area contributed by atoms with Gasteiger partial charge in [0.25, 0.3) is 0 Å². The molecule has 0 aromatic carbocycles. The van der Waals surface area contributed by atoms with Crippen molar-refractivity contribution in [2.24, 2.45) is 0 Å². The molecule has 0 amide bonds. The summed E-state index contributed by atoms with van der Waals surface area (Å²) in [7, 11) is -1.13. The Morgan fingerprint density at radius 1 is 1.20 bits per heavy atom. The van der Waals surface area contributed by atoms with E-state index in [0.717, 1.165) is 39.0 Å². The monoisotopic (exact) mass is 229 g/mol. The number of hydrogen-bond donors (Lipinski definition) is 1. The summed E-state index contributed by atoms with van der Waals surface area (Å²) in [4.78, 5) is 2.18. The number of aliphatic hydroxyl groups is 1. The molecule has 1 fully saturated rings. The van der Waals surface area contributed by atoms with Crippen LogP contribution in [0, 0.1) is 6.92 Å². The van der Waals surface area contributed by atoms with Crippen LogP contribution in [0.4, 0.5) is 0 Å². The van der Waals surface area contributed by atoms with E-state index in [1.54, 1.807) is 0 Å². The number of hydrogen-bond acceptors (Lipinski definition) is 3. The highest BCUT2D eigenvalue weighted by Gasteiger charge is 2.29. The van der Waals surface area contributed by atoms with Crippen molar-refractivity contribution in [3.63, 3.8) is 0 Å². The molecule has 1 aliphatic heterocycles. The van der Waals surface area contributed by atoms with Crippen LogP contribution in [0.2, 0.25) is 19.6 Å². The molecule has 0 aliphatic carbocycles. The molecule has 1 N–H and O–H groups in total. The average molecular weight is 229 g/mol. The highest BCUT2D eigenvalue weighted by molar-refractivity contribution is 6.73. The SMILES string of the molecule is [CH2]CCC(O)N1CCN([Si](C)(C)C)CC1. The van der Waals surface area contributed by atoms with Gasteiger partial charge in [0, 0.05) is 26.2 Å². The molecule has 0 aromatic heterocycles. The van der Waals surface area contributed by atoms with Crippen molar-refractivity contribution < 1.29 is 5.11 Å². The minimum Gasteiger partial charge on any atom is -0.378 e. The van der Waals surface area contributed by atoms with Gasteiger partial charge in [-0.05, 0) is 12.8 Å². The number of piperazine rings is 1. The lowest BCUT2D eigenvalue weighted by molar-refractivity contribution is -0.0196. The van der Waals surface area contributed by atoms with Crippen LogP contribution >= 0.6 is 0 Å². The summed E-state index contributed by atoms with van der Waals surface area (Å²) in [5.41, 5.74) is 0. The maximum absolute atomic E-state index is 9.84. The van der Waals surface area contributed by atoms with Gasteiger partial charge in [-0.25, -0.2) is 0 Å². The Morgan fingerprint density at radius 2 is 1.73 bits per heavy atom. The second-order valence-corrected chi connectivity index (χ2v) is 10.3. The van der Waals surface area contributed by atoms with E-state index in [1.807, 2.05) is 0 Å². The van der Waals surface area contributed by atoms with Crippen LogP contribution in [0.25, 0.3) is 0 Å². The van der Waals surface area contributed by atoms with Gasteiger partial charge in [0.05, 0.1) is 0 Å². The van der Waals surface area contributed by atoms with Gasteiger partial charge in [-0.3, -0.25) is 4.90 Å². The zero-order chi connectivity index (χ0) is 11.5. The fourth-order valence-electron chi connectivity index (χ4n) is 2.06. The maximum Gasteiger partial charge on any atom is 0.119 e. The van der Waals surface area contributed by atoms with Crippen LogP contribution in [-0.4, -0.2) is 55.2 Å². The molecule has 1 heterocycles. The minimum absolute atomic E-state index is 0.272. The highest BCUT2D eigenvalue weighted by Crippen LogP contribution is 2.15. The van der Waals surface area contributed by atoms with Crippen molar-refractivity contribution >= 4 is 8.24 Å². The Balaban J connectivity index is 2.36. The van der Waals surface area contributed by atoms with Crippen LogP contribution in [0.5, 0.6) is 0 Å². The quantitative estimate of drug-likeness (QED) is 0.738. The molecule has 0 saturated carbocycles. The molecular weight excluding hydrogens is 204 g/mol. The molecule has 1 unspecified atom stereocenters.